The molecule has 0 aliphatic rings. The van der Waals surface area contributed by atoms with Gasteiger partial charge in [0.1, 0.15) is 16.8 Å². The lowest BCUT2D eigenvalue weighted by molar-refractivity contribution is 0.477. The van der Waals surface area contributed by atoms with Crippen LogP contribution in [0.2, 0.25) is 0 Å². The highest BCUT2D eigenvalue weighted by molar-refractivity contribution is 7.21. The van der Waals surface area contributed by atoms with Crippen molar-refractivity contribution in [2.24, 2.45) is 0 Å². The van der Waals surface area contributed by atoms with E-state index in [4.69, 9.17) is 9.97 Å². The van der Waals surface area contributed by atoms with E-state index in [1.54, 1.807) is 23.6 Å². The van der Waals surface area contributed by atoms with Gasteiger partial charge in [0.05, 0.1) is 27.0 Å². The number of aromatic nitrogens is 2. The molecule has 0 radical (unpaired) electrons. The third-order valence-corrected chi connectivity index (χ3v) is 10.4. The molecule has 0 aliphatic heterocycles. The van der Waals surface area contributed by atoms with Gasteiger partial charge in [0.15, 0.2) is 0 Å². The molecule has 0 bridgehead atoms. The van der Waals surface area contributed by atoms with Crippen LogP contribution < -0.4 is 0 Å². The Balaban J connectivity index is 1.40. The van der Waals surface area contributed by atoms with Gasteiger partial charge in [-0.2, -0.15) is 5.26 Å². The highest BCUT2D eigenvalue weighted by atomic mass is 32.1. The fourth-order valence-corrected chi connectivity index (χ4v) is 7.69. The van der Waals surface area contributed by atoms with E-state index in [1.807, 2.05) is 60.7 Å². The summed E-state index contributed by atoms with van der Waals surface area (Å²) in [4.78, 5) is 10.0. The van der Waals surface area contributed by atoms with Crippen LogP contribution in [-0.2, 0) is 5.41 Å². The Kier molecular flexibility index (Phi) is 7.52. The number of nitrogens with zero attached hydrogens (tertiary/aromatic N) is 3. The van der Waals surface area contributed by atoms with Crippen LogP contribution in [0.15, 0.2) is 146 Å². The van der Waals surface area contributed by atoms with Crippen molar-refractivity contribution in [2.45, 2.75) is 19.3 Å². The van der Waals surface area contributed by atoms with Gasteiger partial charge in [0, 0.05) is 28.3 Å². The first kappa shape index (κ1) is 30.3. The molecule has 0 amide bonds. The number of pyridine rings is 1. The molecule has 0 saturated carbocycles. The number of phenols is 1. The third kappa shape index (κ3) is 5.43. The second-order valence-electron chi connectivity index (χ2n) is 12.7. The molecule has 49 heavy (non-hydrogen) atoms. The molecule has 2 aromatic heterocycles. The lowest BCUT2D eigenvalue weighted by Gasteiger charge is -2.27. The molecule has 0 saturated heterocycles. The van der Waals surface area contributed by atoms with Crippen LogP contribution in [0.1, 0.15) is 30.5 Å². The average Bonchev–Trinajstić information content (AvgIpc) is 3.59. The summed E-state index contributed by atoms with van der Waals surface area (Å²) < 4.78 is 1.05. The van der Waals surface area contributed by atoms with Crippen LogP contribution in [0.25, 0.3) is 65.1 Å². The number of rotatable bonds is 6. The predicted octanol–water partition coefficient (Wildman–Crippen LogP) is 11.4. The number of fused-ring (bicyclic) bond motifs is 2. The highest BCUT2D eigenvalue weighted by Crippen LogP contribution is 2.45. The van der Waals surface area contributed by atoms with Crippen LogP contribution >= 0.6 is 11.3 Å². The molecular weight excluding hydrogens is 619 g/mol. The normalized spacial score (nSPS) is 11.5. The summed E-state index contributed by atoms with van der Waals surface area (Å²) in [6.45, 7) is 4.52. The van der Waals surface area contributed by atoms with Crippen molar-refractivity contribution in [2.75, 3.05) is 0 Å². The Morgan fingerprint density at radius 1 is 0.653 bits per heavy atom. The molecule has 0 unspecified atom stereocenters. The van der Waals surface area contributed by atoms with Crippen LogP contribution in [-0.4, -0.2) is 15.1 Å². The Hall–Kier alpha value is -6.09. The van der Waals surface area contributed by atoms with Gasteiger partial charge in [0.2, 0.25) is 0 Å². The van der Waals surface area contributed by atoms with E-state index in [-0.39, 0.29) is 11.2 Å². The summed E-state index contributed by atoms with van der Waals surface area (Å²) in [7, 11) is 0. The number of nitriles is 1. The molecule has 8 rings (SSSR count). The fraction of sp³-hybridized carbons (Fsp3) is 0.0682. The molecule has 4 nitrogen and oxygen atoms in total. The monoisotopic (exact) mass is 649 g/mol. The van der Waals surface area contributed by atoms with E-state index < -0.39 is 0 Å². The molecule has 2 heterocycles. The van der Waals surface area contributed by atoms with E-state index in [9.17, 15) is 10.4 Å². The molecule has 5 heteroatoms. The van der Waals surface area contributed by atoms with Gasteiger partial charge in [-0.1, -0.05) is 111 Å². The van der Waals surface area contributed by atoms with Crippen LogP contribution in [0.3, 0.4) is 0 Å². The number of aromatic hydroxyl groups is 1. The van der Waals surface area contributed by atoms with E-state index >= 15 is 0 Å². The third-order valence-electron chi connectivity index (χ3n) is 9.40. The van der Waals surface area contributed by atoms with Gasteiger partial charge in [-0.15, -0.1) is 11.3 Å². The Morgan fingerprint density at radius 3 is 2.14 bits per heavy atom. The lowest BCUT2D eigenvalue weighted by Crippen LogP contribution is -2.18. The van der Waals surface area contributed by atoms with Crippen molar-refractivity contribution in [1.29, 1.82) is 5.26 Å². The van der Waals surface area contributed by atoms with Gasteiger partial charge < -0.3 is 5.11 Å². The summed E-state index contributed by atoms with van der Waals surface area (Å²) in [6, 6.07) is 49.6. The quantitative estimate of drug-likeness (QED) is 0.195. The van der Waals surface area contributed by atoms with Gasteiger partial charge in [-0.25, -0.2) is 4.98 Å². The van der Waals surface area contributed by atoms with E-state index in [0.29, 0.717) is 11.1 Å². The molecule has 0 spiro atoms. The first-order valence-corrected chi connectivity index (χ1v) is 17.0. The maximum absolute atomic E-state index is 10.8. The zero-order valence-corrected chi connectivity index (χ0v) is 27.9. The number of hydrogen-bond donors (Lipinski definition) is 1. The van der Waals surface area contributed by atoms with Gasteiger partial charge >= 0.3 is 0 Å². The molecule has 1 N–H and O–H groups in total. The van der Waals surface area contributed by atoms with Crippen LogP contribution in [0, 0.1) is 11.3 Å². The maximum Gasteiger partial charge on any atom is 0.128 e. The van der Waals surface area contributed by atoms with E-state index in [0.717, 1.165) is 59.5 Å². The second-order valence-corrected chi connectivity index (χ2v) is 13.8. The summed E-state index contributed by atoms with van der Waals surface area (Å²) in [5, 5.41) is 23.7. The number of phenolic OH excluding ortho intramolecular Hbond substituents is 1. The Labute approximate surface area is 289 Å². The number of benzene rings is 6. The van der Waals surface area contributed by atoms with Crippen molar-refractivity contribution < 1.29 is 5.11 Å². The smallest absolute Gasteiger partial charge is 0.128 e. The van der Waals surface area contributed by atoms with E-state index in [1.165, 1.54) is 11.1 Å². The molecule has 0 fully saturated rings. The number of thiazole rings is 1. The van der Waals surface area contributed by atoms with Gasteiger partial charge in [0.25, 0.3) is 0 Å². The largest absolute Gasteiger partial charge is 0.507 e. The van der Waals surface area contributed by atoms with Gasteiger partial charge in [-0.3, -0.25) is 4.98 Å². The minimum absolute atomic E-state index is 0.210. The lowest BCUT2D eigenvalue weighted by atomic mass is 9.77. The number of para-hydroxylation sites is 1. The van der Waals surface area contributed by atoms with Crippen LogP contribution in [0.5, 0.6) is 5.75 Å². The zero-order valence-electron chi connectivity index (χ0n) is 27.1. The summed E-state index contributed by atoms with van der Waals surface area (Å²) in [6.07, 6.45) is 1.67. The van der Waals surface area contributed by atoms with Gasteiger partial charge in [-0.05, 0) is 75.5 Å². The SMILES string of the molecule is CC(C)(c1ccccc1)c1cc(-c2cc(-c3cc(-c4ccccc4)c(C#N)cn3)cc3ccccc23)c2nc(-c3ccccc3O)sc2c1. The first-order valence-electron chi connectivity index (χ1n) is 16.2. The average molecular weight is 650 g/mol. The van der Waals surface area contributed by atoms with Crippen molar-refractivity contribution in [3.8, 4) is 55.9 Å². The zero-order chi connectivity index (χ0) is 33.5. The first-order chi connectivity index (χ1) is 23.9. The van der Waals surface area contributed by atoms with E-state index in [2.05, 4.69) is 92.7 Å². The summed E-state index contributed by atoms with van der Waals surface area (Å²) in [5.74, 6) is 0.210. The Morgan fingerprint density at radius 2 is 1.37 bits per heavy atom. The second kappa shape index (κ2) is 12.2. The molecule has 0 atom stereocenters. The minimum Gasteiger partial charge on any atom is -0.507 e. The molecule has 8 aromatic rings. The van der Waals surface area contributed by atoms with Crippen LogP contribution in [0.4, 0.5) is 0 Å². The van der Waals surface area contributed by atoms with Crippen molar-refractivity contribution in [3.63, 3.8) is 0 Å². The van der Waals surface area contributed by atoms with Crippen molar-refractivity contribution in [3.05, 3.63) is 162 Å². The minimum atomic E-state index is -0.296. The standard InChI is InChI=1S/C44H31N3OS/c1-44(2,32-16-7-4-8-17-32)33-23-38(42-41(24-33)49-43(47-42)35-19-11-12-20-40(35)48)37-22-30(21-29-15-9-10-18-34(29)37)39-25-36(31(26-45)27-46-39)28-13-5-3-6-14-28/h3-25,27,48H,1-2H3. The molecule has 0 aliphatic carbocycles. The number of hydrogen-bond acceptors (Lipinski definition) is 5. The summed E-state index contributed by atoms with van der Waals surface area (Å²) in [5.41, 5.74) is 9.86. The topological polar surface area (TPSA) is 69.8 Å². The summed E-state index contributed by atoms with van der Waals surface area (Å²) >= 11 is 1.59. The molecular formula is C44H31N3OS. The maximum atomic E-state index is 10.8. The van der Waals surface area contributed by atoms with Crippen molar-refractivity contribution in [1.82, 2.24) is 9.97 Å². The highest BCUT2D eigenvalue weighted by Gasteiger charge is 2.26. The molecule has 6 aromatic carbocycles. The Bertz CT molecular complexity index is 2550. The predicted molar refractivity (Wildman–Crippen MR) is 202 cm³/mol. The molecule has 234 valence electrons. The fourth-order valence-electron chi connectivity index (χ4n) is 6.63. The van der Waals surface area contributed by atoms with Crippen molar-refractivity contribution >= 4 is 32.3 Å².